The van der Waals surface area contributed by atoms with Crippen LogP contribution in [0.15, 0.2) is 48.5 Å². The average Bonchev–Trinajstić information content (AvgIpc) is 2.60. The Morgan fingerprint density at radius 1 is 1.08 bits per heavy atom. The number of hydrogen-bond acceptors (Lipinski definition) is 3. The van der Waals surface area contributed by atoms with Gasteiger partial charge in [-0.25, -0.2) is 0 Å². The SMILES string of the molecule is COc1ccc(CNC(=O)[C@H](C)N[C@H](C)c2ccccc2C)cc1. The first kappa shape index (κ1) is 18.0. The fourth-order valence-corrected chi connectivity index (χ4v) is 2.70. The van der Waals surface area contributed by atoms with Crippen LogP contribution in [0.25, 0.3) is 0 Å². The van der Waals surface area contributed by atoms with Crippen molar-refractivity contribution >= 4 is 5.91 Å². The maximum absolute atomic E-state index is 12.3. The molecule has 4 nitrogen and oxygen atoms in total. The van der Waals surface area contributed by atoms with E-state index in [-0.39, 0.29) is 18.0 Å². The molecule has 128 valence electrons. The van der Waals surface area contributed by atoms with E-state index >= 15 is 0 Å². The Hall–Kier alpha value is -2.33. The van der Waals surface area contributed by atoms with Gasteiger partial charge in [0.2, 0.25) is 5.91 Å². The summed E-state index contributed by atoms with van der Waals surface area (Å²) in [6.07, 6.45) is 0. The van der Waals surface area contributed by atoms with Crippen LogP contribution in [-0.2, 0) is 11.3 Å². The number of nitrogens with one attached hydrogen (secondary N) is 2. The van der Waals surface area contributed by atoms with Crippen LogP contribution in [-0.4, -0.2) is 19.1 Å². The second-order valence-electron chi connectivity index (χ2n) is 6.03. The third-order valence-corrected chi connectivity index (χ3v) is 4.17. The molecule has 0 aromatic heterocycles. The normalized spacial score (nSPS) is 13.2. The minimum absolute atomic E-state index is 0.00810. The highest BCUT2D eigenvalue weighted by Gasteiger charge is 2.16. The molecule has 0 saturated heterocycles. The van der Waals surface area contributed by atoms with Crippen LogP contribution >= 0.6 is 0 Å². The maximum atomic E-state index is 12.3. The molecule has 2 aromatic carbocycles. The number of hydrogen-bond donors (Lipinski definition) is 2. The van der Waals surface area contributed by atoms with E-state index in [9.17, 15) is 4.79 Å². The van der Waals surface area contributed by atoms with Gasteiger partial charge in [0, 0.05) is 12.6 Å². The van der Waals surface area contributed by atoms with Crippen molar-refractivity contribution in [2.24, 2.45) is 0 Å². The molecule has 2 N–H and O–H groups in total. The molecule has 0 unspecified atom stereocenters. The number of amides is 1. The van der Waals surface area contributed by atoms with Crippen molar-refractivity contribution in [2.45, 2.75) is 39.4 Å². The number of carbonyl (C=O) groups is 1. The smallest absolute Gasteiger partial charge is 0.237 e. The summed E-state index contributed by atoms with van der Waals surface area (Å²) in [7, 11) is 1.64. The third kappa shape index (κ3) is 4.83. The molecular formula is C20H26N2O2. The van der Waals surface area contributed by atoms with E-state index in [4.69, 9.17) is 4.74 Å². The van der Waals surface area contributed by atoms with E-state index < -0.39 is 0 Å². The number of benzene rings is 2. The molecule has 2 aromatic rings. The van der Waals surface area contributed by atoms with Crippen LogP contribution in [0.4, 0.5) is 0 Å². The number of carbonyl (C=O) groups excluding carboxylic acids is 1. The minimum Gasteiger partial charge on any atom is -0.497 e. The zero-order valence-electron chi connectivity index (χ0n) is 14.8. The van der Waals surface area contributed by atoms with Crippen molar-refractivity contribution in [3.05, 3.63) is 65.2 Å². The molecule has 0 heterocycles. The van der Waals surface area contributed by atoms with Crippen molar-refractivity contribution in [1.82, 2.24) is 10.6 Å². The Balaban J connectivity index is 1.86. The van der Waals surface area contributed by atoms with Gasteiger partial charge >= 0.3 is 0 Å². The van der Waals surface area contributed by atoms with Gasteiger partial charge < -0.3 is 10.1 Å². The molecule has 0 saturated carbocycles. The zero-order chi connectivity index (χ0) is 17.5. The van der Waals surface area contributed by atoms with E-state index in [0.29, 0.717) is 6.54 Å². The van der Waals surface area contributed by atoms with Gasteiger partial charge in [-0.3, -0.25) is 10.1 Å². The lowest BCUT2D eigenvalue weighted by Crippen LogP contribution is -2.42. The molecule has 24 heavy (non-hydrogen) atoms. The Kier molecular flexibility index (Phi) is 6.38. The van der Waals surface area contributed by atoms with Gasteiger partial charge in [-0.15, -0.1) is 0 Å². The van der Waals surface area contributed by atoms with Crippen LogP contribution in [0, 0.1) is 6.92 Å². The van der Waals surface area contributed by atoms with Crippen molar-refractivity contribution in [1.29, 1.82) is 0 Å². The Morgan fingerprint density at radius 3 is 2.38 bits per heavy atom. The lowest BCUT2D eigenvalue weighted by Gasteiger charge is -2.21. The molecule has 0 aliphatic rings. The molecule has 0 bridgehead atoms. The van der Waals surface area contributed by atoms with E-state index in [1.54, 1.807) is 7.11 Å². The summed E-state index contributed by atoms with van der Waals surface area (Å²) < 4.78 is 5.13. The topological polar surface area (TPSA) is 50.4 Å². The van der Waals surface area contributed by atoms with Gasteiger partial charge in [0.25, 0.3) is 0 Å². The van der Waals surface area contributed by atoms with Crippen molar-refractivity contribution in [3.63, 3.8) is 0 Å². The predicted octanol–water partition coefficient (Wildman–Crippen LogP) is 3.36. The first-order valence-electron chi connectivity index (χ1n) is 8.23. The van der Waals surface area contributed by atoms with Crippen molar-refractivity contribution < 1.29 is 9.53 Å². The van der Waals surface area contributed by atoms with E-state index in [0.717, 1.165) is 11.3 Å². The van der Waals surface area contributed by atoms with E-state index in [1.807, 2.05) is 43.3 Å². The van der Waals surface area contributed by atoms with Crippen LogP contribution in [0.2, 0.25) is 0 Å². The highest BCUT2D eigenvalue weighted by Crippen LogP contribution is 2.17. The Bertz CT molecular complexity index is 668. The van der Waals surface area contributed by atoms with E-state index in [1.165, 1.54) is 11.1 Å². The Labute approximate surface area is 144 Å². The van der Waals surface area contributed by atoms with Gasteiger partial charge in [-0.1, -0.05) is 36.4 Å². The fraction of sp³-hybridized carbons (Fsp3) is 0.350. The lowest BCUT2D eigenvalue weighted by molar-refractivity contribution is -0.123. The molecule has 0 spiro atoms. The van der Waals surface area contributed by atoms with Crippen molar-refractivity contribution in [3.8, 4) is 5.75 Å². The van der Waals surface area contributed by atoms with Crippen LogP contribution < -0.4 is 15.4 Å². The molecule has 1 amide bonds. The Morgan fingerprint density at radius 2 is 1.75 bits per heavy atom. The minimum atomic E-state index is -0.266. The van der Waals surface area contributed by atoms with Gasteiger partial charge in [0.05, 0.1) is 13.2 Å². The molecule has 0 fully saturated rings. The molecule has 2 rings (SSSR count). The summed E-state index contributed by atoms with van der Waals surface area (Å²) in [6, 6.07) is 15.8. The summed E-state index contributed by atoms with van der Waals surface area (Å²) in [5.41, 5.74) is 3.49. The monoisotopic (exact) mass is 326 g/mol. The van der Waals surface area contributed by atoms with Gasteiger partial charge in [0.1, 0.15) is 5.75 Å². The van der Waals surface area contributed by atoms with Gasteiger partial charge in [0.15, 0.2) is 0 Å². The number of methoxy groups -OCH3 is 1. The lowest BCUT2D eigenvalue weighted by atomic mass is 10.0. The van der Waals surface area contributed by atoms with Crippen molar-refractivity contribution in [2.75, 3.05) is 7.11 Å². The van der Waals surface area contributed by atoms with E-state index in [2.05, 4.69) is 36.6 Å². The summed E-state index contributed by atoms with van der Waals surface area (Å²) >= 11 is 0. The van der Waals surface area contributed by atoms with Crippen LogP contribution in [0.1, 0.15) is 36.6 Å². The number of aryl methyl sites for hydroxylation is 1. The molecule has 0 radical (unpaired) electrons. The van der Waals surface area contributed by atoms with Crippen LogP contribution in [0.3, 0.4) is 0 Å². The quantitative estimate of drug-likeness (QED) is 0.820. The zero-order valence-corrected chi connectivity index (χ0v) is 14.8. The largest absolute Gasteiger partial charge is 0.497 e. The summed E-state index contributed by atoms with van der Waals surface area (Å²) in [5, 5.41) is 6.32. The predicted molar refractivity (Wildman–Crippen MR) is 97.0 cm³/mol. The molecular weight excluding hydrogens is 300 g/mol. The highest BCUT2D eigenvalue weighted by molar-refractivity contribution is 5.81. The van der Waals surface area contributed by atoms with Crippen LogP contribution in [0.5, 0.6) is 5.75 Å². The molecule has 4 heteroatoms. The fourth-order valence-electron chi connectivity index (χ4n) is 2.70. The summed E-state index contributed by atoms with van der Waals surface area (Å²) in [5.74, 6) is 0.804. The second kappa shape index (κ2) is 8.50. The number of ether oxygens (including phenoxy) is 1. The molecule has 0 aliphatic heterocycles. The first-order valence-corrected chi connectivity index (χ1v) is 8.23. The molecule has 0 aliphatic carbocycles. The van der Waals surface area contributed by atoms with Gasteiger partial charge in [-0.05, 0) is 49.6 Å². The maximum Gasteiger partial charge on any atom is 0.237 e. The second-order valence-corrected chi connectivity index (χ2v) is 6.03. The molecule has 2 atom stereocenters. The average molecular weight is 326 g/mol. The summed E-state index contributed by atoms with van der Waals surface area (Å²) in [6.45, 7) is 6.56. The highest BCUT2D eigenvalue weighted by atomic mass is 16.5. The number of rotatable bonds is 7. The standard InChI is InChI=1S/C20H26N2O2/c1-14-7-5-6-8-19(14)15(2)22-16(3)20(23)21-13-17-9-11-18(24-4)12-10-17/h5-12,15-16,22H,13H2,1-4H3,(H,21,23)/t15-,16+/m1/s1. The first-order chi connectivity index (χ1) is 11.5. The third-order valence-electron chi connectivity index (χ3n) is 4.17. The van der Waals surface area contributed by atoms with Gasteiger partial charge in [-0.2, -0.15) is 0 Å². The summed E-state index contributed by atoms with van der Waals surface area (Å²) in [4.78, 5) is 12.3.